The van der Waals surface area contributed by atoms with E-state index < -0.39 is 11.5 Å². The lowest BCUT2D eigenvalue weighted by Crippen LogP contribution is -2.47. The second kappa shape index (κ2) is 6.49. The normalized spacial score (nSPS) is 13.8. The van der Waals surface area contributed by atoms with E-state index in [0.717, 1.165) is 0 Å². The first-order valence-electron chi connectivity index (χ1n) is 6.26. The first-order valence-corrected chi connectivity index (χ1v) is 6.26. The highest BCUT2D eigenvalue weighted by Crippen LogP contribution is 2.06. The van der Waals surface area contributed by atoms with Crippen LogP contribution in [0.15, 0.2) is 24.3 Å². The van der Waals surface area contributed by atoms with Gasteiger partial charge in [0.1, 0.15) is 0 Å². The molecule has 0 bridgehead atoms. The van der Waals surface area contributed by atoms with Crippen LogP contribution in [0.2, 0.25) is 0 Å². The number of nitrogens with one attached hydrogen (secondary N) is 1. The first-order chi connectivity index (χ1) is 9.21. The van der Waals surface area contributed by atoms with E-state index in [1.807, 2.05) is 19.0 Å². The van der Waals surface area contributed by atoms with Crippen LogP contribution in [0.3, 0.4) is 0 Å². The number of carbonyl (C=O) groups excluding carboxylic acids is 2. The van der Waals surface area contributed by atoms with E-state index in [1.165, 1.54) is 24.3 Å². The van der Waals surface area contributed by atoms with Crippen LogP contribution in [0.25, 0.3) is 0 Å². The third-order valence-electron chi connectivity index (χ3n) is 2.72. The third-order valence-corrected chi connectivity index (χ3v) is 2.72. The maximum absolute atomic E-state index is 11.9. The highest BCUT2D eigenvalue weighted by molar-refractivity contribution is 5.97. The number of primary amides is 1. The van der Waals surface area contributed by atoms with Crippen molar-refractivity contribution in [2.24, 2.45) is 5.73 Å². The van der Waals surface area contributed by atoms with Crippen molar-refractivity contribution < 1.29 is 14.7 Å². The number of nitrogens with two attached hydrogens (primary N) is 1. The van der Waals surface area contributed by atoms with Gasteiger partial charge in [-0.15, -0.1) is 0 Å². The fraction of sp³-hybridized carbons (Fsp3) is 0.429. The van der Waals surface area contributed by atoms with Crippen LogP contribution in [0, 0.1) is 0 Å². The molecule has 1 aromatic carbocycles. The van der Waals surface area contributed by atoms with Crippen molar-refractivity contribution in [2.45, 2.75) is 12.5 Å². The first kappa shape index (κ1) is 16.1. The van der Waals surface area contributed by atoms with Crippen molar-refractivity contribution in [1.82, 2.24) is 10.2 Å². The molecular weight excluding hydrogens is 258 g/mol. The van der Waals surface area contributed by atoms with Crippen LogP contribution in [0.1, 0.15) is 27.6 Å². The van der Waals surface area contributed by atoms with Crippen molar-refractivity contribution in [3.05, 3.63) is 35.4 Å². The van der Waals surface area contributed by atoms with Gasteiger partial charge in [0.15, 0.2) is 0 Å². The smallest absolute Gasteiger partial charge is 0.251 e. The van der Waals surface area contributed by atoms with Gasteiger partial charge in [0, 0.05) is 24.2 Å². The quantitative estimate of drug-likeness (QED) is 0.673. The van der Waals surface area contributed by atoms with Gasteiger partial charge in [-0.25, -0.2) is 0 Å². The van der Waals surface area contributed by atoms with Crippen molar-refractivity contribution >= 4 is 11.8 Å². The van der Waals surface area contributed by atoms with Crippen molar-refractivity contribution in [2.75, 3.05) is 27.2 Å². The molecule has 110 valence electrons. The lowest BCUT2D eigenvalue weighted by atomic mass is 10.1. The Kier molecular flexibility index (Phi) is 5.24. The molecule has 0 heterocycles. The van der Waals surface area contributed by atoms with Gasteiger partial charge < -0.3 is 21.1 Å². The van der Waals surface area contributed by atoms with Gasteiger partial charge in [0.2, 0.25) is 5.91 Å². The van der Waals surface area contributed by atoms with E-state index in [9.17, 15) is 14.7 Å². The van der Waals surface area contributed by atoms with E-state index >= 15 is 0 Å². The standard InChI is InChI=1S/C14H21N3O3/c1-14(20,9-17(2)3)8-16-13(19)11-6-4-10(5-7-11)12(15)18/h4-7,20H,8-9H2,1-3H3,(H2,15,18)(H,16,19). The average Bonchev–Trinajstić information content (AvgIpc) is 2.34. The number of hydrogen-bond acceptors (Lipinski definition) is 4. The summed E-state index contributed by atoms with van der Waals surface area (Å²) in [5.41, 5.74) is 4.88. The number of benzene rings is 1. The maximum atomic E-state index is 11.9. The van der Waals surface area contributed by atoms with Gasteiger partial charge in [-0.1, -0.05) is 0 Å². The Morgan fingerprint density at radius 1 is 1.25 bits per heavy atom. The number of aliphatic hydroxyl groups is 1. The highest BCUT2D eigenvalue weighted by atomic mass is 16.3. The summed E-state index contributed by atoms with van der Waals surface area (Å²) < 4.78 is 0. The zero-order valence-corrected chi connectivity index (χ0v) is 12.0. The minimum absolute atomic E-state index is 0.140. The van der Waals surface area contributed by atoms with Crippen LogP contribution in [0.4, 0.5) is 0 Å². The molecule has 1 unspecified atom stereocenters. The number of amides is 2. The molecule has 20 heavy (non-hydrogen) atoms. The van der Waals surface area contributed by atoms with Crippen molar-refractivity contribution in [1.29, 1.82) is 0 Å². The van der Waals surface area contributed by atoms with E-state index in [2.05, 4.69) is 5.32 Å². The largest absolute Gasteiger partial charge is 0.387 e. The zero-order valence-electron chi connectivity index (χ0n) is 12.0. The molecular formula is C14H21N3O3. The lowest BCUT2D eigenvalue weighted by Gasteiger charge is -2.27. The van der Waals surface area contributed by atoms with E-state index in [-0.39, 0.29) is 12.5 Å². The minimum atomic E-state index is -1.01. The van der Waals surface area contributed by atoms with E-state index in [4.69, 9.17) is 5.73 Å². The van der Waals surface area contributed by atoms with Gasteiger partial charge in [-0.2, -0.15) is 0 Å². The zero-order chi connectivity index (χ0) is 15.3. The van der Waals surface area contributed by atoms with Gasteiger partial charge in [0.25, 0.3) is 5.91 Å². The third kappa shape index (κ3) is 4.99. The molecule has 1 rings (SSSR count). The molecule has 0 spiro atoms. The van der Waals surface area contributed by atoms with Gasteiger partial charge in [-0.3, -0.25) is 9.59 Å². The monoisotopic (exact) mass is 279 g/mol. The van der Waals surface area contributed by atoms with E-state index in [0.29, 0.717) is 17.7 Å². The molecule has 0 saturated heterocycles. The summed E-state index contributed by atoms with van der Waals surface area (Å²) in [5.74, 6) is -0.842. The second-order valence-electron chi connectivity index (χ2n) is 5.36. The van der Waals surface area contributed by atoms with Gasteiger partial charge in [0.05, 0.1) is 5.60 Å². The molecule has 6 heteroatoms. The Bertz CT molecular complexity index is 481. The number of likely N-dealkylation sites (N-methyl/N-ethyl adjacent to an activating group) is 1. The summed E-state index contributed by atoms with van der Waals surface area (Å²) in [4.78, 5) is 24.7. The Hall–Kier alpha value is -1.92. The fourth-order valence-corrected chi connectivity index (χ4v) is 1.90. The van der Waals surface area contributed by atoms with Crippen molar-refractivity contribution in [3.63, 3.8) is 0 Å². The molecule has 0 fully saturated rings. The van der Waals surface area contributed by atoms with E-state index in [1.54, 1.807) is 6.92 Å². The van der Waals surface area contributed by atoms with Crippen LogP contribution < -0.4 is 11.1 Å². The number of hydrogen-bond donors (Lipinski definition) is 3. The molecule has 2 amide bonds. The minimum Gasteiger partial charge on any atom is -0.387 e. The summed E-state index contributed by atoms with van der Waals surface area (Å²) in [6.45, 7) is 2.24. The molecule has 0 aliphatic rings. The molecule has 1 aromatic rings. The number of carbonyl (C=O) groups is 2. The van der Waals surface area contributed by atoms with Gasteiger partial charge >= 0.3 is 0 Å². The summed E-state index contributed by atoms with van der Waals surface area (Å²) in [5, 5.41) is 12.7. The summed E-state index contributed by atoms with van der Waals surface area (Å²) in [6, 6.07) is 6.04. The molecule has 0 saturated carbocycles. The molecule has 1 atom stereocenters. The lowest BCUT2D eigenvalue weighted by molar-refractivity contribution is 0.0326. The van der Waals surface area contributed by atoms with Crippen LogP contribution >= 0.6 is 0 Å². The summed E-state index contributed by atoms with van der Waals surface area (Å²) >= 11 is 0. The SMILES string of the molecule is CN(C)CC(C)(O)CNC(=O)c1ccc(C(N)=O)cc1. The molecule has 0 aliphatic carbocycles. The average molecular weight is 279 g/mol. The molecule has 0 aromatic heterocycles. The topological polar surface area (TPSA) is 95.7 Å². The highest BCUT2D eigenvalue weighted by Gasteiger charge is 2.22. The molecule has 6 nitrogen and oxygen atoms in total. The maximum Gasteiger partial charge on any atom is 0.251 e. The Morgan fingerprint density at radius 3 is 2.20 bits per heavy atom. The molecule has 0 radical (unpaired) electrons. The summed E-state index contributed by atoms with van der Waals surface area (Å²) in [7, 11) is 3.69. The van der Waals surface area contributed by atoms with Crippen LogP contribution in [-0.2, 0) is 0 Å². The Labute approximate surface area is 118 Å². The van der Waals surface area contributed by atoms with Crippen molar-refractivity contribution in [3.8, 4) is 0 Å². The predicted molar refractivity (Wildman–Crippen MR) is 76.5 cm³/mol. The molecule has 4 N–H and O–H groups in total. The molecule has 0 aliphatic heterocycles. The fourth-order valence-electron chi connectivity index (χ4n) is 1.90. The van der Waals surface area contributed by atoms with Crippen LogP contribution in [0.5, 0.6) is 0 Å². The Balaban J connectivity index is 2.61. The number of rotatable bonds is 6. The summed E-state index contributed by atoms with van der Waals surface area (Å²) in [6.07, 6.45) is 0. The second-order valence-corrected chi connectivity index (χ2v) is 5.36. The van der Waals surface area contributed by atoms with Crippen LogP contribution in [-0.4, -0.2) is 54.6 Å². The van der Waals surface area contributed by atoms with Gasteiger partial charge in [-0.05, 0) is 45.3 Å². The number of nitrogens with zero attached hydrogens (tertiary/aromatic N) is 1. The predicted octanol–water partition coefficient (Wildman–Crippen LogP) is -0.172. The Morgan fingerprint density at radius 2 is 1.75 bits per heavy atom.